The van der Waals surface area contributed by atoms with Crippen LogP contribution >= 0.6 is 0 Å². The molecule has 18 heavy (non-hydrogen) atoms. The van der Waals surface area contributed by atoms with Crippen LogP contribution in [0, 0.1) is 0 Å². The SMILES string of the molecule is CCc1nc(NC2CCCCCCC2)cc(=O)[nH]1. The van der Waals surface area contributed by atoms with Crippen molar-refractivity contribution in [3.8, 4) is 0 Å². The number of aryl methyl sites for hydroxylation is 1. The van der Waals surface area contributed by atoms with Gasteiger partial charge in [0.25, 0.3) is 5.56 Å². The molecule has 0 spiro atoms. The zero-order valence-electron chi connectivity index (χ0n) is 11.2. The Bertz CT molecular complexity index is 419. The van der Waals surface area contributed by atoms with Gasteiger partial charge in [-0.1, -0.05) is 39.0 Å². The predicted molar refractivity (Wildman–Crippen MR) is 74.0 cm³/mol. The average molecular weight is 249 g/mol. The maximum atomic E-state index is 11.5. The van der Waals surface area contributed by atoms with Crippen LogP contribution in [0.4, 0.5) is 5.82 Å². The van der Waals surface area contributed by atoms with E-state index in [-0.39, 0.29) is 5.56 Å². The summed E-state index contributed by atoms with van der Waals surface area (Å²) in [6, 6.07) is 2.04. The van der Waals surface area contributed by atoms with E-state index in [1.54, 1.807) is 6.07 Å². The topological polar surface area (TPSA) is 57.8 Å². The lowest BCUT2D eigenvalue weighted by Gasteiger charge is -2.21. The van der Waals surface area contributed by atoms with Crippen LogP contribution in [-0.2, 0) is 6.42 Å². The second-order valence-electron chi connectivity index (χ2n) is 5.12. The quantitative estimate of drug-likeness (QED) is 0.866. The van der Waals surface area contributed by atoms with Crippen molar-refractivity contribution in [3.63, 3.8) is 0 Å². The van der Waals surface area contributed by atoms with Crippen LogP contribution in [0.5, 0.6) is 0 Å². The fourth-order valence-electron chi connectivity index (χ4n) is 2.56. The fraction of sp³-hybridized carbons (Fsp3) is 0.714. The van der Waals surface area contributed by atoms with Crippen molar-refractivity contribution < 1.29 is 0 Å². The van der Waals surface area contributed by atoms with E-state index in [4.69, 9.17) is 0 Å². The molecule has 0 radical (unpaired) electrons. The maximum Gasteiger partial charge on any atom is 0.252 e. The van der Waals surface area contributed by atoms with Crippen molar-refractivity contribution in [2.75, 3.05) is 5.32 Å². The molecule has 1 aliphatic carbocycles. The second-order valence-corrected chi connectivity index (χ2v) is 5.12. The Hall–Kier alpha value is -1.32. The van der Waals surface area contributed by atoms with E-state index in [9.17, 15) is 4.79 Å². The maximum absolute atomic E-state index is 11.5. The molecule has 1 heterocycles. The molecule has 4 heteroatoms. The van der Waals surface area contributed by atoms with Crippen molar-refractivity contribution in [1.29, 1.82) is 0 Å². The zero-order chi connectivity index (χ0) is 12.8. The summed E-state index contributed by atoms with van der Waals surface area (Å²) < 4.78 is 0. The highest BCUT2D eigenvalue weighted by atomic mass is 16.1. The summed E-state index contributed by atoms with van der Waals surface area (Å²) in [5, 5.41) is 3.43. The number of hydrogen-bond acceptors (Lipinski definition) is 3. The van der Waals surface area contributed by atoms with Crippen molar-refractivity contribution >= 4 is 5.82 Å². The van der Waals surface area contributed by atoms with Crippen molar-refractivity contribution in [2.24, 2.45) is 0 Å². The van der Waals surface area contributed by atoms with E-state index < -0.39 is 0 Å². The Labute approximate surface area is 108 Å². The molecule has 1 aromatic rings. The van der Waals surface area contributed by atoms with E-state index in [1.807, 2.05) is 6.92 Å². The first-order valence-corrected chi connectivity index (χ1v) is 7.14. The molecule has 0 saturated heterocycles. The smallest absolute Gasteiger partial charge is 0.252 e. The van der Waals surface area contributed by atoms with E-state index in [0.29, 0.717) is 6.04 Å². The summed E-state index contributed by atoms with van der Waals surface area (Å²) in [5.74, 6) is 1.50. The van der Waals surface area contributed by atoms with E-state index in [2.05, 4.69) is 15.3 Å². The third-order valence-electron chi connectivity index (χ3n) is 3.58. The summed E-state index contributed by atoms with van der Waals surface area (Å²) in [6.07, 6.45) is 9.74. The van der Waals surface area contributed by atoms with Gasteiger partial charge in [0.05, 0.1) is 0 Å². The van der Waals surface area contributed by atoms with Crippen molar-refractivity contribution in [2.45, 2.75) is 64.3 Å². The summed E-state index contributed by atoms with van der Waals surface area (Å²) in [7, 11) is 0. The molecule has 2 rings (SSSR count). The highest BCUT2D eigenvalue weighted by molar-refractivity contribution is 5.34. The van der Waals surface area contributed by atoms with Gasteiger partial charge in [-0.05, 0) is 12.8 Å². The molecule has 1 saturated carbocycles. The number of aromatic amines is 1. The van der Waals surface area contributed by atoms with Crippen LogP contribution in [0.25, 0.3) is 0 Å². The molecular formula is C14H23N3O. The summed E-state index contributed by atoms with van der Waals surface area (Å²) in [5.41, 5.74) is -0.0600. The van der Waals surface area contributed by atoms with Gasteiger partial charge in [-0.25, -0.2) is 4.98 Å². The third kappa shape index (κ3) is 3.86. The van der Waals surface area contributed by atoms with Crippen LogP contribution < -0.4 is 10.9 Å². The van der Waals surface area contributed by atoms with Crippen LogP contribution in [0.15, 0.2) is 10.9 Å². The number of hydrogen-bond donors (Lipinski definition) is 2. The molecular weight excluding hydrogens is 226 g/mol. The number of H-pyrrole nitrogens is 1. The lowest BCUT2D eigenvalue weighted by Crippen LogP contribution is -2.23. The summed E-state index contributed by atoms with van der Waals surface area (Å²) in [4.78, 5) is 18.7. The largest absolute Gasteiger partial charge is 0.367 e. The van der Waals surface area contributed by atoms with E-state index >= 15 is 0 Å². The number of nitrogens with zero attached hydrogens (tertiary/aromatic N) is 1. The van der Waals surface area contributed by atoms with Crippen molar-refractivity contribution in [1.82, 2.24) is 9.97 Å². The minimum absolute atomic E-state index is 0.0600. The zero-order valence-corrected chi connectivity index (χ0v) is 11.2. The molecule has 0 unspecified atom stereocenters. The van der Waals surface area contributed by atoms with Gasteiger partial charge in [0.15, 0.2) is 0 Å². The second kappa shape index (κ2) is 6.57. The minimum atomic E-state index is -0.0600. The fourth-order valence-corrected chi connectivity index (χ4v) is 2.56. The highest BCUT2D eigenvalue weighted by Crippen LogP contribution is 2.19. The van der Waals surface area contributed by atoms with Gasteiger partial charge in [0, 0.05) is 18.5 Å². The van der Waals surface area contributed by atoms with Crippen molar-refractivity contribution in [3.05, 3.63) is 22.2 Å². The lowest BCUT2D eigenvalue weighted by molar-refractivity contribution is 0.470. The van der Waals surface area contributed by atoms with Gasteiger partial charge in [-0.15, -0.1) is 0 Å². The Kier molecular flexibility index (Phi) is 4.79. The Morgan fingerprint density at radius 2 is 1.94 bits per heavy atom. The van der Waals surface area contributed by atoms with E-state index in [0.717, 1.165) is 18.1 Å². The monoisotopic (exact) mass is 249 g/mol. The number of anilines is 1. The first-order valence-electron chi connectivity index (χ1n) is 7.14. The van der Waals surface area contributed by atoms with Crippen LogP contribution in [-0.4, -0.2) is 16.0 Å². The van der Waals surface area contributed by atoms with Crippen LogP contribution in [0.2, 0.25) is 0 Å². The minimum Gasteiger partial charge on any atom is -0.367 e. The first-order chi connectivity index (χ1) is 8.78. The standard InChI is InChI=1S/C14H23N3O/c1-2-12-16-13(10-14(18)17-12)15-11-8-6-4-3-5-7-9-11/h10-11H,2-9H2,1H3,(H2,15,16,17,18). The number of rotatable bonds is 3. The molecule has 0 aromatic carbocycles. The van der Waals surface area contributed by atoms with Gasteiger partial charge in [0.1, 0.15) is 11.6 Å². The molecule has 0 aliphatic heterocycles. The summed E-state index contributed by atoms with van der Waals surface area (Å²) >= 11 is 0. The predicted octanol–water partition coefficient (Wildman–Crippen LogP) is 2.86. The normalized spacial score (nSPS) is 18.1. The molecule has 4 nitrogen and oxygen atoms in total. The Balaban J connectivity index is 2.02. The molecule has 0 atom stereocenters. The van der Waals surface area contributed by atoms with Gasteiger partial charge in [-0.2, -0.15) is 0 Å². The van der Waals surface area contributed by atoms with Gasteiger partial charge in [0.2, 0.25) is 0 Å². The molecule has 1 fully saturated rings. The highest BCUT2D eigenvalue weighted by Gasteiger charge is 2.12. The average Bonchev–Trinajstić information content (AvgIpc) is 2.31. The molecule has 1 aromatic heterocycles. The Morgan fingerprint density at radius 3 is 2.61 bits per heavy atom. The van der Waals surface area contributed by atoms with Gasteiger partial charge < -0.3 is 10.3 Å². The molecule has 2 N–H and O–H groups in total. The summed E-state index contributed by atoms with van der Waals surface area (Å²) in [6.45, 7) is 2.00. The number of nitrogens with one attached hydrogen (secondary N) is 2. The van der Waals surface area contributed by atoms with E-state index in [1.165, 1.54) is 44.9 Å². The first kappa shape index (κ1) is 13.1. The van der Waals surface area contributed by atoms with Gasteiger partial charge >= 0.3 is 0 Å². The molecule has 0 amide bonds. The van der Waals surface area contributed by atoms with Crippen LogP contribution in [0.1, 0.15) is 57.7 Å². The Morgan fingerprint density at radius 1 is 1.28 bits per heavy atom. The molecule has 0 bridgehead atoms. The number of aromatic nitrogens is 2. The lowest BCUT2D eigenvalue weighted by atomic mass is 9.97. The third-order valence-corrected chi connectivity index (χ3v) is 3.58. The molecule has 100 valence electrons. The van der Waals surface area contributed by atoms with Gasteiger partial charge in [-0.3, -0.25) is 4.79 Å². The molecule has 1 aliphatic rings. The van der Waals surface area contributed by atoms with Crippen LogP contribution in [0.3, 0.4) is 0 Å².